The lowest BCUT2D eigenvalue weighted by Crippen LogP contribution is -2.38. The second-order valence-electron chi connectivity index (χ2n) is 5.25. The summed E-state index contributed by atoms with van der Waals surface area (Å²) in [5.41, 5.74) is 0.132. The van der Waals surface area contributed by atoms with E-state index in [0.717, 1.165) is 43.5 Å². The highest BCUT2D eigenvalue weighted by molar-refractivity contribution is 5.49. The molecule has 0 heterocycles. The number of aliphatic hydroxyl groups excluding tert-OH is 1. The maximum atomic E-state index is 12.6. The molecule has 20 heavy (non-hydrogen) atoms. The molecule has 0 atom stereocenters. The topological polar surface area (TPSA) is 23.5 Å². The minimum Gasteiger partial charge on any atom is -0.395 e. The SMILES string of the molecule is OCCN(c1ccc(C(F)(F)F)cc1)C1CCCCC1. The van der Waals surface area contributed by atoms with Gasteiger partial charge in [-0.3, -0.25) is 0 Å². The molecule has 2 rings (SSSR count). The molecule has 0 unspecified atom stereocenters. The molecule has 1 fully saturated rings. The first-order valence-corrected chi connectivity index (χ1v) is 7.07. The second kappa shape index (κ2) is 6.48. The Kier molecular flexibility index (Phi) is 4.91. The Morgan fingerprint density at radius 2 is 1.65 bits per heavy atom. The number of hydrogen-bond donors (Lipinski definition) is 1. The van der Waals surface area contributed by atoms with Gasteiger partial charge in [0.1, 0.15) is 0 Å². The first kappa shape index (κ1) is 15.2. The number of nitrogens with zero attached hydrogens (tertiary/aromatic N) is 1. The van der Waals surface area contributed by atoms with Crippen molar-refractivity contribution in [3.8, 4) is 0 Å². The lowest BCUT2D eigenvalue weighted by Gasteiger charge is -2.36. The highest BCUT2D eigenvalue weighted by Crippen LogP contribution is 2.32. The maximum Gasteiger partial charge on any atom is 0.416 e. The van der Waals surface area contributed by atoms with E-state index in [4.69, 9.17) is 0 Å². The lowest BCUT2D eigenvalue weighted by molar-refractivity contribution is -0.137. The van der Waals surface area contributed by atoms with Crippen LogP contribution in [-0.4, -0.2) is 24.3 Å². The van der Waals surface area contributed by atoms with E-state index in [-0.39, 0.29) is 6.61 Å². The summed E-state index contributed by atoms with van der Waals surface area (Å²) in [5, 5.41) is 9.19. The maximum absolute atomic E-state index is 12.6. The molecule has 0 aliphatic heterocycles. The molecule has 1 saturated carbocycles. The molecular weight excluding hydrogens is 267 g/mol. The summed E-state index contributed by atoms with van der Waals surface area (Å²) in [5.74, 6) is 0. The van der Waals surface area contributed by atoms with Gasteiger partial charge >= 0.3 is 6.18 Å². The quantitative estimate of drug-likeness (QED) is 0.909. The Balaban J connectivity index is 2.16. The fraction of sp³-hybridized carbons (Fsp3) is 0.600. The molecule has 1 aromatic rings. The first-order valence-electron chi connectivity index (χ1n) is 7.07. The Hall–Kier alpha value is -1.23. The van der Waals surface area contributed by atoms with Crippen molar-refractivity contribution in [1.82, 2.24) is 0 Å². The lowest BCUT2D eigenvalue weighted by atomic mass is 9.93. The van der Waals surface area contributed by atoms with Crippen LogP contribution in [0.4, 0.5) is 18.9 Å². The Morgan fingerprint density at radius 1 is 1.05 bits per heavy atom. The van der Waals surface area contributed by atoms with Crippen LogP contribution in [-0.2, 0) is 6.18 Å². The fourth-order valence-corrected chi connectivity index (χ4v) is 2.86. The number of aliphatic hydroxyl groups is 1. The zero-order valence-electron chi connectivity index (χ0n) is 11.4. The Bertz CT molecular complexity index is 410. The Morgan fingerprint density at radius 3 is 2.15 bits per heavy atom. The van der Waals surface area contributed by atoms with Crippen LogP contribution in [0.1, 0.15) is 37.7 Å². The van der Waals surface area contributed by atoms with E-state index in [1.165, 1.54) is 18.6 Å². The highest BCUT2D eigenvalue weighted by Gasteiger charge is 2.30. The number of anilines is 1. The fourth-order valence-electron chi connectivity index (χ4n) is 2.86. The number of benzene rings is 1. The third-order valence-electron chi connectivity index (χ3n) is 3.88. The largest absolute Gasteiger partial charge is 0.416 e. The summed E-state index contributed by atoms with van der Waals surface area (Å²) in [6.07, 6.45) is 1.30. The summed E-state index contributed by atoms with van der Waals surface area (Å²) in [7, 11) is 0. The van der Waals surface area contributed by atoms with E-state index in [2.05, 4.69) is 0 Å². The molecule has 0 bridgehead atoms. The number of rotatable bonds is 4. The third-order valence-corrected chi connectivity index (χ3v) is 3.88. The van der Waals surface area contributed by atoms with Crippen molar-refractivity contribution in [2.45, 2.75) is 44.3 Å². The van der Waals surface area contributed by atoms with Crippen molar-refractivity contribution in [3.63, 3.8) is 0 Å². The predicted molar refractivity (Wildman–Crippen MR) is 72.7 cm³/mol. The summed E-state index contributed by atoms with van der Waals surface area (Å²) < 4.78 is 37.7. The second-order valence-corrected chi connectivity index (χ2v) is 5.25. The van der Waals surface area contributed by atoms with Crippen LogP contribution in [0.2, 0.25) is 0 Å². The standard InChI is InChI=1S/C15H20F3NO/c16-15(17,18)12-6-8-14(9-7-12)19(10-11-20)13-4-2-1-3-5-13/h6-9,13,20H,1-5,10-11H2. The van der Waals surface area contributed by atoms with E-state index < -0.39 is 11.7 Å². The molecule has 0 radical (unpaired) electrons. The van der Waals surface area contributed by atoms with Crippen molar-refractivity contribution in [2.75, 3.05) is 18.1 Å². The van der Waals surface area contributed by atoms with E-state index >= 15 is 0 Å². The first-order chi connectivity index (χ1) is 9.52. The number of hydrogen-bond acceptors (Lipinski definition) is 2. The van der Waals surface area contributed by atoms with Gasteiger partial charge in [0.2, 0.25) is 0 Å². The summed E-state index contributed by atoms with van der Waals surface area (Å²) >= 11 is 0. The van der Waals surface area contributed by atoms with Gasteiger partial charge in [-0.2, -0.15) is 13.2 Å². The van der Waals surface area contributed by atoms with Crippen molar-refractivity contribution in [2.24, 2.45) is 0 Å². The van der Waals surface area contributed by atoms with Gasteiger partial charge in [-0.15, -0.1) is 0 Å². The van der Waals surface area contributed by atoms with Crippen molar-refractivity contribution < 1.29 is 18.3 Å². The van der Waals surface area contributed by atoms with Gasteiger partial charge in [-0.05, 0) is 37.1 Å². The van der Waals surface area contributed by atoms with E-state index in [0.29, 0.717) is 12.6 Å². The summed E-state index contributed by atoms with van der Waals surface area (Å²) in [6.45, 7) is 0.480. The number of halogens is 3. The summed E-state index contributed by atoms with van der Waals surface area (Å²) in [6, 6.07) is 5.57. The molecule has 0 saturated heterocycles. The van der Waals surface area contributed by atoms with Crippen LogP contribution in [0.25, 0.3) is 0 Å². The van der Waals surface area contributed by atoms with E-state index in [9.17, 15) is 18.3 Å². The van der Waals surface area contributed by atoms with Gasteiger partial charge in [-0.1, -0.05) is 19.3 Å². The zero-order chi connectivity index (χ0) is 14.6. The van der Waals surface area contributed by atoms with Crippen LogP contribution in [0.5, 0.6) is 0 Å². The van der Waals surface area contributed by atoms with Crippen LogP contribution in [0.15, 0.2) is 24.3 Å². The smallest absolute Gasteiger partial charge is 0.395 e. The van der Waals surface area contributed by atoms with E-state index in [1.54, 1.807) is 0 Å². The molecular formula is C15H20F3NO. The molecule has 0 spiro atoms. The van der Waals surface area contributed by atoms with Gasteiger partial charge in [0.05, 0.1) is 12.2 Å². The molecule has 1 aliphatic rings. The van der Waals surface area contributed by atoms with E-state index in [1.807, 2.05) is 4.90 Å². The zero-order valence-corrected chi connectivity index (χ0v) is 11.4. The predicted octanol–water partition coefficient (Wildman–Crippen LogP) is 3.84. The van der Waals surface area contributed by atoms with Crippen LogP contribution >= 0.6 is 0 Å². The van der Waals surface area contributed by atoms with Crippen molar-refractivity contribution in [1.29, 1.82) is 0 Å². The van der Waals surface area contributed by atoms with Crippen LogP contribution < -0.4 is 4.90 Å². The van der Waals surface area contributed by atoms with Crippen molar-refractivity contribution in [3.05, 3.63) is 29.8 Å². The molecule has 112 valence electrons. The molecule has 2 nitrogen and oxygen atoms in total. The molecule has 5 heteroatoms. The number of alkyl halides is 3. The van der Waals surface area contributed by atoms with Crippen LogP contribution in [0, 0.1) is 0 Å². The third kappa shape index (κ3) is 3.66. The van der Waals surface area contributed by atoms with Gasteiger partial charge in [0.25, 0.3) is 0 Å². The monoisotopic (exact) mass is 287 g/mol. The van der Waals surface area contributed by atoms with Crippen molar-refractivity contribution >= 4 is 5.69 Å². The summed E-state index contributed by atoms with van der Waals surface area (Å²) in [4.78, 5) is 2.04. The molecule has 1 N–H and O–H groups in total. The normalized spacial score (nSPS) is 17.2. The van der Waals surface area contributed by atoms with Gasteiger partial charge in [0, 0.05) is 18.3 Å². The Labute approximate surface area is 117 Å². The van der Waals surface area contributed by atoms with Crippen LogP contribution in [0.3, 0.4) is 0 Å². The average molecular weight is 287 g/mol. The van der Waals surface area contributed by atoms with Gasteiger partial charge < -0.3 is 10.0 Å². The molecule has 1 aliphatic carbocycles. The minimum atomic E-state index is -4.30. The molecule has 0 aromatic heterocycles. The highest BCUT2D eigenvalue weighted by atomic mass is 19.4. The molecule has 1 aromatic carbocycles. The molecule has 0 amide bonds. The van der Waals surface area contributed by atoms with Gasteiger partial charge in [-0.25, -0.2) is 0 Å². The minimum absolute atomic E-state index is 0.0114. The average Bonchev–Trinajstić information content (AvgIpc) is 2.45. The van der Waals surface area contributed by atoms with Gasteiger partial charge in [0.15, 0.2) is 0 Å².